The molecule has 1 aliphatic carbocycles. The molecule has 21 heavy (non-hydrogen) atoms. The zero-order chi connectivity index (χ0) is 14.8. The van der Waals surface area contributed by atoms with Gasteiger partial charge < -0.3 is 5.32 Å². The van der Waals surface area contributed by atoms with Crippen molar-refractivity contribution in [3.8, 4) is 0 Å². The van der Waals surface area contributed by atoms with Gasteiger partial charge in [-0.2, -0.15) is 0 Å². The van der Waals surface area contributed by atoms with Crippen molar-refractivity contribution < 1.29 is 4.39 Å². The van der Waals surface area contributed by atoms with Crippen LogP contribution in [-0.4, -0.2) is 30.1 Å². The van der Waals surface area contributed by atoms with Crippen molar-refractivity contribution in [3.05, 3.63) is 34.1 Å². The second-order valence-electron chi connectivity index (χ2n) is 6.46. The molecule has 1 saturated heterocycles. The molecule has 2 fully saturated rings. The predicted molar refractivity (Wildman–Crippen MR) is 87.7 cm³/mol. The molecule has 1 saturated carbocycles. The Kier molecular flexibility index (Phi) is 4.97. The van der Waals surface area contributed by atoms with Gasteiger partial charge in [0.2, 0.25) is 0 Å². The molecule has 1 aromatic carbocycles. The lowest BCUT2D eigenvalue weighted by atomic mass is 10.0. The predicted octanol–water partition coefficient (Wildman–Crippen LogP) is 3.94. The quantitative estimate of drug-likeness (QED) is 0.861. The van der Waals surface area contributed by atoms with Gasteiger partial charge in [0.25, 0.3) is 0 Å². The second-order valence-corrected chi connectivity index (χ2v) is 7.38. The van der Waals surface area contributed by atoms with Crippen LogP contribution < -0.4 is 5.32 Å². The van der Waals surface area contributed by atoms with Crippen molar-refractivity contribution in [2.45, 2.75) is 51.2 Å². The Morgan fingerprint density at radius 3 is 2.86 bits per heavy atom. The molecule has 2 nitrogen and oxygen atoms in total. The van der Waals surface area contributed by atoms with Crippen LogP contribution in [0.2, 0.25) is 0 Å². The van der Waals surface area contributed by atoms with Gasteiger partial charge in [0.1, 0.15) is 5.82 Å². The van der Waals surface area contributed by atoms with Crippen LogP contribution in [0.15, 0.2) is 22.7 Å². The van der Waals surface area contributed by atoms with E-state index in [9.17, 15) is 4.39 Å². The van der Waals surface area contributed by atoms with Gasteiger partial charge in [0.15, 0.2) is 0 Å². The fourth-order valence-electron chi connectivity index (χ4n) is 3.44. The Balaban J connectivity index is 1.72. The molecule has 116 valence electrons. The SMILES string of the molecule is CCCC1CN(Cc2ccc(Br)cc2F)C(C2CC2)CN1. The van der Waals surface area contributed by atoms with Gasteiger partial charge in [-0.1, -0.05) is 35.3 Å². The molecule has 3 rings (SSSR count). The van der Waals surface area contributed by atoms with Gasteiger partial charge in [0.05, 0.1) is 0 Å². The molecular weight excluding hydrogens is 331 g/mol. The lowest BCUT2D eigenvalue weighted by Crippen LogP contribution is -2.56. The summed E-state index contributed by atoms with van der Waals surface area (Å²) in [6.45, 7) is 5.08. The molecule has 2 aliphatic rings. The first-order chi connectivity index (χ1) is 10.2. The standard InChI is InChI=1S/C17H24BrFN2/c1-2-3-15-11-21(17(9-20-15)12-4-5-12)10-13-6-7-14(18)8-16(13)19/h6-8,12,15,17,20H,2-5,9-11H2,1H3. The maximum atomic E-state index is 14.1. The van der Waals surface area contributed by atoms with Crippen LogP contribution in [0.1, 0.15) is 38.2 Å². The summed E-state index contributed by atoms with van der Waals surface area (Å²) in [6.07, 6.45) is 5.08. The number of benzene rings is 1. The van der Waals surface area contributed by atoms with E-state index in [1.165, 1.54) is 25.7 Å². The summed E-state index contributed by atoms with van der Waals surface area (Å²) in [5, 5.41) is 3.69. The molecule has 2 unspecified atom stereocenters. The molecule has 1 N–H and O–H groups in total. The zero-order valence-corrected chi connectivity index (χ0v) is 14.2. The number of halogens is 2. The molecule has 1 aromatic rings. The Labute approximate surface area is 135 Å². The van der Waals surface area contributed by atoms with E-state index in [0.29, 0.717) is 12.1 Å². The molecule has 1 heterocycles. The summed E-state index contributed by atoms with van der Waals surface area (Å²) >= 11 is 3.33. The van der Waals surface area contributed by atoms with E-state index in [1.807, 2.05) is 12.1 Å². The molecule has 0 amide bonds. The normalized spacial score (nSPS) is 27.0. The average Bonchev–Trinajstić information content (AvgIpc) is 3.27. The van der Waals surface area contributed by atoms with E-state index in [4.69, 9.17) is 0 Å². The monoisotopic (exact) mass is 354 g/mol. The summed E-state index contributed by atoms with van der Waals surface area (Å²) < 4.78 is 14.9. The van der Waals surface area contributed by atoms with E-state index >= 15 is 0 Å². The maximum absolute atomic E-state index is 14.1. The number of hydrogen-bond acceptors (Lipinski definition) is 2. The minimum absolute atomic E-state index is 0.0931. The second kappa shape index (κ2) is 6.76. The molecular formula is C17H24BrFN2. The van der Waals surface area contributed by atoms with E-state index in [-0.39, 0.29) is 5.82 Å². The van der Waals surface area contributed by atoms with Crippen LogP contribution in [0.5, 0.6) is 0 Å². The van der Waals surface area contributed by atoms with Gasteiger partial charge in [0, 0.05) is 41.8 Å². The van der Waals surface area contributed by atoms with E-state index in [2.05, 4.69) is 33.1 Å². The highest BCUT2D eigenvalue weighted by Gasteiger charge is 2.38. The minimum Gasteiger partial charge on any atom is -0.311 e. The lowest BCUT2D eigenvalue weighted by Gasteiger charge is -2.41. The number of nitrogens with one attached hydrogen (secondary N) is 1. The Bertz CT molecular complexity index is 490. The van der Waals surface area contributed by atoms with Crippen molar-refractivity contribution >= 4 is 15.9 Å². The van der Waals surface area contributed by atoms with Crippen molar-refractivity contribution in [1.82, 2.24) is 10.2 Å². The van der Waals surface area contributed by atoms with Crippen LogP contribution >= 0.6 is 15.9 Å². The first-order valence-corrected chi connectivity index (χ1v) is 8.88. The zero-order valence-electron chi connectivity index (χ0n) is 12.6. The molecule has 4 heteroatoms. The maximum Gasteiger partial charge on any atom is 0.128 e. The van der Waals surface area contributed by atoms with Gasteiger partial charge in [-0.15, -0.1) is 0 Å². The topological polar surface area (TPSA) is 15.3 Å². The smallest absolute Gasteiger partial charge is 0.128 e. The van der Waals surface area contributed by atoms with Crippen LogP contribution in [0.3, 0.4) is 0 Å². The Hall–Kier alpha value is -0.450. The first kappa shape index (κ1) is 15.4. The highest BCUT2D eigenvalue weighted by Crippen LogP contribution is 2.37. The fourth-order valence-corrected chi connectivity index (χ4v) is 3.77. The third kappa shape index (κ3) is 3.85. The van der Waals surface area contributed by atoms with Gasteiger partial charge >= 0.3 is 0 Å². The van der Waals surface area contributed by atoms with Gasteiger partial charge in [-0.05, 0) is 37.3 Å². The average molecular weight is 355 g/mol. The van der Waals surface area contributed by atoms with E-state index < -0.39 is 0 Å². The summed E-state index contributed by atoms with van der Waals surface area (Å²) in [5.74, 6) is 0.725. The van der Waals surface area contributed by atoms with Crippen LogP contribution in [0.4, 0.5) is 4.39 Å². The summed E-state index contributed by atoms with van der Waals surface area (Å²) in [7, 11) is 0. The first-order valence-electron chi connectivity index (χ1n) is 8.08. The lowest BCUT2D eigenvalue weighted by molar-refractivity contribution is 0.103. The molecule has 0 bridgehead atoms. The largest absolute Gasteiger partial charge is 0.311 e. The van der Waals surface area contributed by atoms with Crippen molar-refractivity contribution in [3.63, 3.8) is 0 Å². The minimum atomic E-state index is -0.0931. The van der Waals surface area contributed by atoms with Crippen molar-refractivity contribution in [1.29, 1.82) is 0 Å². The number of piperazine rings is 1. The molecule has 0 radical (unpaired) electrons. The van der Waals surface area contributed by atoms with Gasteiger partial charge in [-0.25, -0.2) is 4.39 Å². The van der Waals surface area contributed by atoms with Crippen molar-refractivity contribution in [2.75, 3.05) is 13.1 Å². The number of hydrogen-bond donors (Lipinski definition) is 1. The number of nitrogens with zero attached hydrogens (tertiary/aromatic N) is 1. The molecule has 0 spiro atoms. The fraction of sp³-hybridized carbons (Fsp3) is 0.647. The molecule has 1 aliphatic heterocycles. The summed E-state index contributed by atoms with van der Waals surface area (Å²) in [4.78, 5) is 2.51. The van der Waals surface area contributed by atoms with Crippen LogP contribution in [0, 0.1) is 11.7 Å². The summed E-state index contributed by atoms with van der Waals surface area (Å²) in [6, 6.07) is 6.58. The van der Waals surface area contributed by atoms with E-state index in [1.54, 1.807) is 6.07 Å². The van der Waals surface area contributed by atoms with Gasteiger partial charge in [-0.3, -0.25) is 4.90 Å². The summed E-state index contributed by atoms with van der Waals surface area (Å²) in [5.41, 5.74) is 0.820. The highest BCUT2D eigenvalue weighted by atomic mass is 79.9. The number of rotatable bonds is 5. The Morgan fingerprint density at radius 2 is 2.19 bits per heavy atom. The third-order valence-electron chi connectivity index (χ3n) is 4.73. The Morgan fingerprint density at radius 1 is 1.38 bits per heavy atom. The van der Waals surface area contributed by atoms with E-state index in [0.717, 1.165) is 35.6 Å². The van der Waals surface area contributed by atoms with Crippen molar-refractivity contribution in [2.24, 2.45) is 5.92 Å². The van der Waals surface area contributed by atoms with Crippen LogP contribution in [-0.2, 0) is 6.54 Å². The van der Waals surface area contributed by atoms with Crippen LogP contribution in [0.25, 0.3) is 0 Å². The molecule has 2 atom stereocenters. The third-order valence-corrected chi connectivity index (χ3v) is 5.22. The highest BCUT2D eigenvalue weighted by molar-refractivity contribution is 9.10. The molecule has 0 aromatic heterocycles.